The van der Waals surface area contributed by atoms with Gasteiger partial charge < -0.3 is 4.57 Å². The molecule has 58 heavy (non-hydrogen) atoms. The van der Waals surface area contributed by atoms with Crippen molar-refractivity contribution in [2.24, 2.45) is 0 Å². The van der Waals surface area contributed by atoms with Crippen LogP contribution >= 0.6 is 0 Å². The van der Waals surface area contributed by atoms with E-state index in [0.717, 1.165) is 33.5 Å². The highest BCUT2D eigenvalue weighted by molar-refractivity contribution is 6.12. The van der Waals surface area contributed by atoms with Crippen molar-refractivity contribution in [1.82, 2.24) is 19.5 Å². The maximum absolute atomic E-state index is 4.93. The van der Waals surface area contributed by atoms with E-state index in [4.69, 9.17) is 15.0 Å². The van der Waals surface area contributed by atoms with E-state index in [1.54, 1.807) is 0 Å². The van der Waals surface area contributed by atoms with Gasteiger partial charge in [-0.1, -0.05) is 194 Å². The minimum atomic E-state index is 0.107. The van der Waals surface area contributed by atoms with E-state index in [1.165, 1.54) is 49.6 Å². The first kappa shape index (κ1) is 33.6. The van der Waals surface area contributed by atoms with E-state index in [-0.39, 0.29) is 5.92 Å². The van der Waals surface area contributed by atoms with Crippen LogP contribution in [-0.4, -0.2) is 19.5 Å². The van der Waals surface area contributed by atoms with E-state index in [2.05, 4.69) is 156 Å². The SMILES string of the molecule is C1=Cc2c(ccc3c4ccccc4n(-c4ccc(-c5ccc(-c6nc(-c7ccccc7)nc(-c7ccccc7)n6)cc5)cc4)c23)C(c2ccccc2)c2ccccc21. The fourth-order valence-electron chi connectivity index (χ4n) is 8.62. The van der Waals surface area contributed by atoms with Gasteiger partial charge in [-0.2, -0.15) is 0 Å². The monoisotopic (exact) mass is 740 g/mol. The molecule has 0 spiro atoms. The van der Waals surface area contributed by atoms with Crippen LogP contribution in [0.1, 0.15) is 33.7 Å². The second-order valence-corrected chi connectivity index (χ2v) is 14.8. The van der Waals surface area contributed by atoms with Gasteiger partial charge in [-0.25, -0.2) is 15.0 Å². The van der Waals surface area contributed by atoms with Crippen molar-refractivity contribution >= 4 is 34.0 Å². The Morgan fingerprint density at radius 1 is 0.362 bits per heavy atom. The summed E-state index contributed by atoms with van der Waals surface area (Å²) < 4.78 is 2.45. The van der Waals surface area contributed by atoms with Crippen LogP contribution in [-0.2, 0) is 0 Å². The molecule has 1 atom stereocenters. The van der Waals surface area contributed by atoms with E-state index < -0.39 is 0 Å². The van der Waals surface area contributed by atoms with Gasteiger partial charge in [0.05, 0.1) is 11.0 Å². The molecule has 1 aliphatic rings. The van der Waals surface area contributed by atoms with Gasteiger partial charge in [-0.3, -0.25) is 0 Å². The van der Waals surface area contributed by atoms with Crippen molar-refractivity contribution in [3.05, 3.63) is 228 Å². The Morgan fingerprint density at radius 2 is 0.879 bits per heavy atom. The zero-order chi connectivity index (χ0) is 38.4. The van der Waals surface area contributed by atoms with Crippen molar-refractivity contribution in [3.63, 3.8) is 0 Å². The highest BCUT2D eigenvalue weighted by Gasteiger charge is 2.26. The number of aromatic nitrogens is 4. The minimum absolute atomic E-state index is 0.107. The van der Waals surface area contributed by atoms with Crippen LogP contribution in [0.2, 0.25) is 0 Å². The van der Waals surface area contributed by atoms with Gasteiger partial charge in [-0.15, -0.1) is 0 Å². The molecule has 0 N–H and O–H groups in total. The largest absolute Gasteiger partial charge is 0.309 e. The summed E-state index contributed by atoms with van der Waals surface area (Å²) >= 11 is 0. The fourth-order valence-corrected chi connectivity index (χ4v) is 8.62. The molecule has 0 radical (unpaired) electrons. The summed E-state index contributed by atoms with van der Waals surface area (Å²) in [5, 5.41) is 2.50. The Kier molecular flexibility index (Phi) is 8.18. The summed E-state index contributed by atoms with van der Waals surface area (Å²) in [6.45, 7) is 0. The summed E-state index contributed by atoms with van der Waals surface area (Å²) in [7, 11) is 0. The molecule has 0 bridgehead atoms. The molecule has 0 fully saturated rings. The lowest BCUT2D eigenvalue weighted by atomic mass is 9.82. The average molecular weight is 741 g/mol. The molecule has 2 aromatic heterocycles. The summed E-state index contributed by atoms with van der Waals surface area (Å²) in [5.41, 5.74) is 15.1. The van der Waals surface area contributed by atoms with Gasteiger partial charge in [0.2, 0.25) is 0 Å². The maximum Gasteiger partial charge on any atom is 0.164 e. The van der Waals surface area contributed by atoms with Crippen LogP contribution in [0.15, 0.2) is 200 Å². The minimum Gasteiger partial charge on any atom is -0.309 e. The van der Waals surface area contributed by atoms with Gasteiger partial charge in [0.15, 0.2) is 17.5 Å². The fraction of sp³-hybridized carbons (Fsp3) is 0.0185. The van der Waals surface area contributed by atoms with Crippen LogP contribution in [0.5, 0.6) is 0 Å². The zero-order valence-electron chi connectivity index (χ0n) is 31.6. The Balaban J connectivity index is 0.995. The highest BCUT2D eigenvalue weighted by atomic mass is 15.0. The molecule has 10 aromatic rings. The second kappa shape index (κ2) is 14.1. The Hall–Kier alpha value is -7.69. The molecule has 1 unspecified atom stereocenters. The molecule has 4 nitrogen and oxygen atoms in total. The van der Waals surface area contributed by atoms with E-state index in [9.17, 15) is 0 Å². The third-order valence-corrected chi connectivity index (χ3v) is 11.4. The highest BCUT2D eigenvalue weighted by Crippen LogP contribution is 2.44. The van der Waals surface area contributed by atoms with Gasteiger partial charge in [0.25, 0.3) is 0 Å². The summed E-state index contributed by atoms with van der Waals surface area (Å²) in [6, 6.07) is 70.9. The van der Waals surface area contributed by atoms with Gasteiger partial charge in [-0.05, 0) is 51.6 Å². The second-order valence-electron chi connectivity index (χ2n) is 14.8. The van der Waals surface area contributed by atoms with E-state index in [0.29, 0.717) is 17.5 Å². The molecular weight excluding hydrogens is 705 g/mol. The number of nitrogens with zero attached hydrogens (tertiary/aromatic N) is 4. The predicted octanol–water partition coefficient (Wildman–Crippen LogP) is 13.3. The third-order valence-electron chi connectivity index (χ3n) is 11.4. The third kappa shape index (κ3) is 5.82. The number of para-hydroxylation sites is 1. The number of benzene rings is 8. The van der Waals surface area contributed by atoms with Gasteiger partial charge >= 0.3 is 0 Å². The normalized spacial score (nSPS) is 13.3. The molecule has 0 saturated heterocycles. The molecule has 2 heterocycles. The van der Waals surface area contributed by atoms with Crippen LogP contribution in [0.4, 0.5) is 0 Å². The van der Waals surface area contributed by atoms with Crippen LogP contribution in [0.25, 0.3) is 84.9 Å². The maximum atomic E-state index is 4.93. The summed E-state index contributed by atoms with van der Waals surface area (Å²) in [4.78, 5) is 14.7. The van der Waals surface area contributed by atoms with Crippen molar-refractivity contribution in [3.8, 4) is 51.0 Å². The Morgan fingerprint density at radius 3 is 1.53 bits per heavy atom. The lowest BCUT2D eigenvalue weighted by molar-refractivity contribution is 0.974. The van der Waals surface area contributed by atoms with Crippen molar-refractivity contribution in [1.29, 1.82) is 0 Å². The van der Waals surface area contributed by atoms with Crippen LogP contribution in [0, 0.1) is 0 Å². The number of hydrogen-bond acceptors (Lipinski definition) is 3. The topological polar surface area (TPSA) is 43.6 Å². The first-order valence-electron chi connectivity index (χ1n) is 19.7. The molecule has 8 aromatic carbocycles. The smallest absolute Gasteiger partial charge is 0.164 e. The molecule has 0 saturated carbocycles. The predicted molar refractivity (Wildman–Crippen MR) is 239 cm³/mol. The molecule has 1 aliphatic carbocycles. The molecule has 0 aliphatic heterocycles. The average Bonchev–Trinajstić information content (AvgIpc) is 3.54. The summed E-state index contributed by atoms with van der Waals surface area (Å²) in [5.74, 6) is 2.06. The molecule has 11 rings (SSSR count). The first-order chi connectivity index (χ1) is 28.8. The number of rotatable bonds is 6. The van der Waals surface area contributed by atoms with E-state index in [1.807, 2.05) is 60.7 Å². The van der Waals surface area contributed by atoms with Crippen molar-refractivity contribution in [2.75, 3.05) is 0 Å². The first-order valence-corrected chi connectivity index (χ1v) is 19.7. The molecular formula is C54H36N4. The molecule has 0 amide bonds. The zero-order valence-corrected chi connectivity index (χ0v) is 31.6. The van der Waals surface area contributed by atoms with Crippen LogP contribution < -0.4 is 0 Å². The quantitative estimate of drug-likeness (QED) is 0.170. The summed E-state index contributed by atoms with van der Waals surface area (Å²) in [6.07, 6.45) is 4.64. The lowest BCUT2D eigenvalue weighted by Gasteiger charge is -2.22. The van der Waals surface area contributed by atoms with Gasteiger partial charge in [0, 0.05) is 44.6 Å². The van der Waals surface area contributed by atoms with Crippen LogP contribution in [0.3, 0.4) is 0 Å². The Bertz CT molecular complexity index is 3070. The van der Waals surface area contributed by atoms with Gasteiger partial charge in [0.1, 0.15) is 0 Å². The standard InChI is InChI=1S/C54H36N4/c1-4-15-39(16-5-1)50-44-21-11-10-14-38(44)30-33-48-46(50)34-35-47-45-22-12-13-23-49(45)58(51(47)48)43-31-28-37(29-32-43)36-24-26-42(27-25-36)54-56-52(40-17-6-2-7-18-40)55-53(57-54)41-19-8-3-9-20-41/h1-35,50H. The van der Waals surface area contributed by atoms with E-state index >= 15 is 0 Å². The molecule has 4 heteroatoms. The lowest BCUT2D eigenvalue weighted by Crippen LogP contribution is -2.06. The molecule has 272 valence electrons. The number of hydrogen-bond donors (Lipinski definition) is 0. The van der Waals surface area contributed by atoms with Crippen molar-refractivity contribution in [2.45, 2.75) is 5.92 Å². The number of fused-ring (bicyclic) bond motifs is 6. The Labute approximate surface area is 337 Å². The van der Waals surface area contributed by atoms with Crippen molar-refractivity contribution < 1.29 is 0 Å².